The molecule has 2 nitrogen and oxygen atoms in total. The molecule has 53 heavy (non-hydrogen) atoms. The molecule has 0 amide bonds. The molecule has 0 aliphatic carbocycles. The van der Waals surface area contributed by atoms with Gasteiger partial charge in [-0.3, -0.25) is 0 Å². The number of rotatable bonds is 4. The maximum atomic E-state index is 3.74. The summed E-state index contributed by atoms with van der Waals surface area (Å²) in [7, 11) is -2.26. The van der Waals surface area contributed by atoms with Gasteiger partial charge >= 0.3 is 6.85 Å². The van der Waals surface area contributed by atoms with Gasteiger partial charge in [-0.15, -0.1) is 0 Å². The minimum atomic E-state index is -3.06. The maximum absolute atomic E-state index is 3.74. The van der Waals surface area contributed by atoms with Crippen LogP contribution in [0.3, 0.4) is 0 Å². The normalized spacial score (nSPS) is 13.1. The van der Waals surface area contributed by atoms with Crippen LogP contribution in [0.5, 0.6) is 0 Å². The molecule has 0 atom stereocenters. The van der Waals surface area contributed by atoms with Crippen molar-refractivity contribution in [3.05, 3.63) is 194 Å². The Morgan fingerprint density at radius 2 is 0.943 bits per heavy atom. The van der Waals surface area contributed by atoms with Crippen molar-refractivity contribution in [1.82, 2.24) is 0 Å². The van der Waals surface area contributed by atoms with Gasteiger partial charge in [0.1, 0.15) is 0 Å². The number of nitrogens with zero attached hydrogens (tertiary/aromatic N) is 1. The first kappa shape index (κ1) is 30.3. The van der Waals surface area contributed by atoms with Gasteiger partial charge in [0.15, 0.2) is 8.07 Å². The number of nitrogens with one attached hydrogen (secondary N) is 1. The summed E-state index contributed by atoms with van der Waals surface area (Å²) in [5, 5.41) is 9.38. The van der Waals surface area contributed by atoms with Crippen LogP contribution in [0.15, 0.2) is 194 Å². The molecule has 1 N–H and O–H groups in total. The van der Waals surface area contributed by atoms with Crippen molar-refractivity contribution in [1.29, 1.82) is 0 Å². The molecule has 0 radical (unpaired) electrons. The molecule has 0 unspecified atom stereocenters. The number of hydrogen-bond acceptors (Lipinski definition) is 2. The molecular weight excluding hydrogens is 654 g/mol. The van der Waals surface area contributed by atoms with Crippen LogP contribution in [0.25, 0.3) is 33.4 Å². The minimum Gasteiger partial charge on any atom is -0.426 e. The highest BCUT2D eigenvalue weighted by Crippen LogP contribution is 2.45. The lowest BCUT2D eigenvalue weighted by molar-refractivity contribution is 1.35. The average Bonchev–Trinajstić information content (AvgIpc) is 3.24. The van der Waals surface area contributed by atoms with E-state index < -0.39 is 8.07 Å². The summed E-state index contributed by atoms with van der Waals surface area (Å²) in [6.45, 7) is 0.0267. The quantitative estimate of drug-likeness (QED) is 0.179. The Balaban J connectivity index is 1.31. The highest BCUT2D eigenvalue weighted by Gasteiger charge is 2.49. The first-order chi connectivity index (χ1) is 26.3. The Hall–Kier alpha value is -6.29. The molecule has 0 saturated heterocycles. The third-order valence-electron chi connectivity index (χ3n) is 11.8. The molecule has 3 aliphatic rings. The van der Waals surface area contributed by atoms with E-state index in [1.165, 1.54) is 87.6 Å². The van der Waals surface area contributed by atoms with Gasteiger partial charge < -0.3 is 10.0 Å². The number of benzene rings is 8. The predicted molar refractivity (Wildman–Crippen MR) is 230 cm³/mol. The van der Waals surface area contributed by atoms with Crippen molar-refractivity contribution in [2.75, 3.05) is 10.0 Å². The molecule has 11 rings (SSSR count). The molecule has 0 bridgehead atoms. The van der Waals surface area contributed by atoms with Crippen molar-refractivity contribution in [2.24, 2.45) is 0 Å². The van der Waals surface area contributed by atoms with E-state index in [1.54, 1.807) is 0 Å². The van der Waals surface area contributed by atoms with Gasteiger partial charge in [0, 0.05) is 33.8 Å². The fraction of sp³-hybridized carbons (Fsp3) is 0. The van der Waals surface area contributed by atoms with Crippen LogP contribution in [-0.2, 0) is 0 Å². The van der Waals surface area contributed by atoms with Crippen LogP contribution in [0, 0.1) is 0 Å². The van der Waals surface area contributed by atoms with Gasteiger partial charge in [-0.05, 0) is 66.6 Å². The van der Waals surface area contributed by atoms with Gasteiger partial charge in [-0.1, -0.05) is 181 Å². The second kappa shape index (κ2) is 11.9. The van der Waals surface area contributed by atoms with E-state index in [1.807, 2.05) is 0 Å². The van der Waals surface area contributed by atoms with Crippen LogP contribution >= 0.6 is 0 Å². The zero-order chi connectivity index (χ0) is 34.9. The van der Waals surface area contributed by atoms with E-state index in [0.717, 1.165) is 7.41 Å². The Bertz CT molecular complexity index is 2670. The third-order valence-corrected chi connectivity index (χ3v) is 16.7. The Morgan fingerprint density at radius 1 is 0.415 bits per heavy atom. The predicted octanol–water partition coefficient (Wildman–Crippen LogP) is 6.04. The summed E-state index contributed by atoms with van der Waals surface area (Å²) in [6, 6.07) is 73.2. The molecule has 0 fully saturated rings. The molecule has 8 aromatic carbocycles. The van der Waals surface area contributed by atoms with Crippen molar-refractivity contribution < 1.29 is 0 Å². The van der Waals surface area contributed by atoms with E-state index in [9.17, 15) is 0 Å². The first-order valence-electron chi connectivity index (χ1n) is 18.6. The molecular formula is C48H34B2N2Si. The van der Waals surface area contributed by atoms with E-state index in [0.29, 0.717) is 0 Å². The van der Waals surface area contributed by atoms with Gasteiger partial charge in [0.25, 0.3) is 7.41 Å². The fourth-order valence-corrected chi connectivity index (χ4v) is 15.1. The van der Waals surface area contributed by atoms with Crippen LogP contribution < -0.4 is 47.2 Å². The Morgan fingerprint density at radius 3 is 1.68 bits per heavy atom. The van der Waals surface area contributed by atoms with Crippen LogP contribution in [0.2, 0.25) is 0 Å². The second-order valence-electron chi connectivity index (χ2n) is 14.4. The largest absolute Gasteiger partial charge is 0.426 e. The van der Waals surface area contributed by atoms with Crippen molar-refractivity contribution in [2.45, 2.75) is 0 Å². The van der Waals surface area contributed by atoms with E-state index in [4.69, 9.17) is 0 Å². The molecule has 3 heterocycles. The van der Waals surface area contributed by atoms with Crippen LogP contribution in [-0.4, -0.2) is 22.3 Å². The number of hydrogen-bond donors (Lipinski definition) is 1. The highest BCUT2D eigenvalue weighted by atomic mass is 28.3. The second-order valence-corrected chi connectivity index (χ2v) is 18.1. The number of anilines is 3. The highest BCUT2D eigenvalue weighted by molar-refractivity contribution is 7.21. The molecule has 8 aromatic rings. The lowest BCUT2D eigenvalue weighted by Gasteiger charge is -2.46. The molecule has 0 saturated carbocycles. The van der Waals surface area contributed by atoms with Crippen molar-refractivity contribution in [3.63, 3.8) is 0 Å². The van der Waals surface area contributed by atoms with Gasteiger partial charge in [-0.2, -0.15) is 0 Å². The molecule has 0 spiro atoms. The third kappa shape index (κ3) is 4.29. The lowest BCUT2D eigenvalue weighted by atomic mass is 9.43. The van der Waals surface area contributed by atoms with Crippen LogP contribution in [0.4, 0.5) is 17.1 Å². The van der Waals surface area contributed by atoms with Crippen molar-refractivity contribution in [3.8, 4) is 33.4 Å². The molecule has 5 heteroatoms. The summed E-state index contributed by atoms with van der Waals surface area (Å²) < 4.78 is 0. The SMILES string of the molecule is B1Nc2ccccc2-c2c1cccc2[Si](c1ccccc1)(c1ccccc1)c1cccc2c1-c1ccccc1N1B2c2ccccc2-c2ccccc21. The Labute approximate surface area is 312 Å². The summed E-state index contributed by atoms with van der Waals surface area (Å²) >= 11 is 0. The summed E-state index contributed by atoms with van der Waals surface area (Å²) in [6.07, 6.45) is 0. The maximum Gasteiger partial charge on any atom is 0.329 e. The lowest BCUT2D eigenvalue weighted by Crippen LogP contribution is -2.77. The van der Waals surface area contributed by atoms with Gasteiger partial charge in [0.2, 0.25) is 0 Å². The summed E-state index contributed by atoms with van der Waals surface area (Å²) in [5.74, 6) is 0. The van der Waals surface area contributed by atoms with E-state index >= 15 is 0 Å². The fourth-order valence-electron chi connectivity index (χ4n) is 9.79. The number of fused-ring (bicyclic) bond motifs is 14. The number of para-hydroxylation sites is 3. The van der Waals surface area contributed by atoms with E-state index in [2.05, 4.69) is 204 Å². The standard InChI is InChI=1S/C48H34B2N2Si/c1-3-17-33(18-4-1)53(34-19-5-2-6-20-34,45-31-15-25-39-47(45)37-23-8-12-28-42(37)51-49-39)46-32-16-27-41-48(46)38-24-10-14-30-44(38)52-43-29-13-9-22-36(43)35-21-7-11-26-40(35)50(41)52/h1-32,49,51H. The topological polar surface area (TPSA) is 15.3 Å². The smallest absolute Gasteiger partial charge is 0.329 e. The monoisotopic (exact) mass is 688 g/mol. The average molecular weight is 689 g/mol. The molecule has 3 aliphatic heterocycles. The van der Waals surface area contributed by atoms with Gasteiger partial charge in [0.05, 0.1) is 0 Å². The zero-order valence-electron chi connectivity index (χ0n) is 29.2. The summed E-state index contributed by atoms with van der Waals surface area (Å²) in [4.78, 5) is 2.61. The van der Waals surface area contributed by atoms with E-state index in [-0.39, 0.29) is 6.85 Å². The van der Waals surface area contributed by atoms with Gasteiger partial charge in [-0.25, -0.2) is 0 Å². The van der Waals surface area contributed by atoms with Crippen molar-refractivity contribution >= 4 is 76.5 Å². The first-order valence-corrected chi connectivity index (χ1v) is 20.6. The minimum absolute atomic E-state index is 0.0267. The molecule has 0 aromatic heterocycles. The molecule has 246 valence electrons. The summed E-state index contributed by atoms with van der Waals surface area (Å²) in [5.41, 5.74) is 15.7. The zero-order valence-corrected chi connectivity index (χ0v) is 30.2. The van der Waals surface area contributed by atoms with Crippen LogP contribution in [0.1, 0.15) is 0 Å². The Kier molecular flexibility index (Phi) is 6.80.